The average Bonchev–Trinajstić information content (AvgIpc) is 2.17. The van der Waals surface area contributed by atoms with Crippen molar-refractivity contribution in [2.75, 3.05) is 40.8 Å². The summed E-state index contributed by atoms with van der Waals surface area (Å²) in [6.45, 7) is 2.20. The number of hydrogen-bond acceptors (Lipinski definition) is 4. The molecule has 2 N–H and O–H groups in total. The fraction of sp³-hybridized carbons (Fsp3) is 0.800. The first-order chi connectivity index (χ1) is 7.40. The smallest absolute Gasteiger partial charge is 0.245 e. The summed E-state index contributed by atoms with van der Waals surface area (Å²) in [7, 11) is 5.30. The van der Waals surface area contributed by atoms with E-state index in [1.165, 1.54) is 18.9 Å². The van der Waals surface area contributed by atoms with Gasteiger partial charge in [-0.2, -0.15) is 0 Å². The number of nitrogens with zero attached hydrogens (tertiary/aromatic N) is 2. The summed E-state index contributed by atoms with van der Waals surface area (Å²) >= 11 is 0. The van der Waals surface area contributed by atoms with Gasteiger partial charge in [0.1, 0.15) is 6.04 Å². The number of likely N-dealkylation sites (N-methyl/N-ethyl adjacent to an activating group) is 2. The third-order valence-electron chi connectivity index (χ3n) is 2.30. The number of carbonyl (C=O) groups is 2. The molecule has 0 radical (unpaired) electrons. The molecule has 6 nitrogen and oxygen atoms in total. The van der Waals surface area contributed by atoms with E-state index in [9.17, 15) is 9.59 Å². The largest absolute Gasteiger partial charge is 0.394 e. The lowest BCUT2D eigenvalue weighted by atomic mass is 10.2. The zero-order valence-electron chi connectivity index (χ0n) is 10.4. The molecule has 0 saturated carbocycles. The van der Waals surface area contributed by atoms with Crippen molar-refractivity contribution in [2.45, 2.75) is 13.0 Å². The second-order valence-electron chi connectivity index (χ2n) is 3.92. The van der Waals surface area contributed by atoms with Crippen LogP contribution < -0.4 is 5.32 Å². The Bertz CT molecular complexity index is 243. The van der Waals surface area contributed by atoms with E-state index in [0.29, 0.717) is 13.1 Å². The van der Waals surface area contributed by atoms with Gasteiger partial charge in [0.15, 0.2) is 0 Å². The van der Waals surface area contributed by atoms with Crippen molar-refractivity contribution in [1.82, 2.24) is 15.1 Å². The van der Waals surface area contributed by atoms with Crippen molar-refractivity contribution < 1.29 is 14.7 Å². The molecule has 0 aliphatic heterocycles. The maximum atomic E-state index is 11.6. The van der Waals surface area contributed by atoms with E-state index in [0.717, 1.165) is 0 Å². The summed E-state index contributed by atoms with van der Waals surface area (Å²) in [5.74, 6) is -0.580. The summed E-state index contributed by atoms with van der Waals surface area (Å²) in [5.41, 5.74) is 0. The minimum atomic E-state index is -0.806. The van der Waals surface area contributed by atoms with Gasteiger partial charge < -0.3 is 20.2 Å². The number of rotatable bonds is 6. The van der Waals surface area contributed by atoms with Crippen LogP contribution in [0.25, 0.3) is 0 Å². The number of hydrogen-bond donors (Lipinski definition) is 2. The summed E-state index contributed by atoms with van der Waals surface area (Å²) in [6.07, 6.45) is 0. The molecule has 0 aromatic rings. The molecule has 0 aromatic carbocycles. The Kier molecular flexibility index (Phi) is 6.67. The van der Waals surface area contributed by atoms with Crippen LogP contribution in [-0.2, 0) is 9.59 Å². The summed E-state index contributed by atoms with van der Waals surface area (Å²) in [5, 5.41) is 11.7. The van der Waals surface area contributed by atoms with Crippen LogP contribution in [0, 0.1) is 0 Å². The zero-order valence-corrected chi connectivity index (χ0v) is 10.4. The molecule has 0 bridgehead atoms. The third kappa shape index (κ3) is 5.09. The summed E-state index contributed by atoms with van der Waals surface area (Å²) in [4.78, 5) is 25.8. The Hall–Kier alpha value is -1.14. The molecule has 0 rings (SSSR count). The zero-order chi connectivity index (χ0) is 12.7. The standard InChI is InChI=1S/C10H21N3O3/c1-8(15)13(4)9(7-14)10(16)11-5-6-12(2)3/h9,14H,5-7H2,1-4H3,(H,11,16). The molecule has 94 valence electrons. The first-order valence-electron chi connectivity index (χ1n) is 5.16. The van der Waals surface area contributed by atoms with Crippen molar-refractivity contribution in [3.05, 3.63) is 0 Å². The summed E-state index contributed by atoms with van der Waals surface area (Å²) in [6, 6.07) is -0.806. The number of aliphatic hydroxyl groups is 1. The quantitative estimate of drug-likeness (QED) is 0.584. The lowest BCUT2D eigenvalue weighted by Crippen LogP contribution is -2.50. The van der Waals surface area contributed by atoms with Crippen LogP contribution in [0.15, 0.2) is 0 Å². The highest BCUT2D eigenvalue weighted by Gasteiger charge is 2.23. The van der Waals surface area contributed by atoms with Gasteiger partial charge in [-0.3, -0.25) is 9.59 Å². The molecule has 0 aromatic heterocycles. The Morgan fingerprint density at radius 2 is 1.88 bits per heavy atom. The highest BCUT2D eigenvalue weighted by Crippen LogP contribution is 1.96. The number of aliphatic hydroxyl groups excluding tert-OH is 1. The molecule has 6 heteroatoms. The molecule has 0 fully saturated rings. The molecular weight excluding hydrogens is 210 g/mol. The highest BCUT2D eigenvalue weighted by molar-refractivity contribution is 5.86. The van der Waals surface area contributed by atoms with Crippen LogP contribution in [0.5, 0.6) is 0 Å². The molecule has 0 spiro atoms. The molecule has 0 heterocycles. The minimum absolute atomic E-state index is 0.248. The Labute approximate surface area is 96.2 Å². The van der Waals surface area contributed by atoms with Crippen LogP contribution >= 0.6 is 0 Å². The third-order valence-corrected chi connectivity index (χ3v) is 2.30. The van der Waals surface area contributed by atoms with Gasteiger partial charge in [-0.1, -0.05) is 0 Å². The predicted molar refractivity (Wildman–Crippen MR) is 60.9 cm³/mol. The fourth-order valence-electron chi connectivity index (χ4n) is 1.12. The molecule has 1 unspecified atom stereocenters. The lowest BCUT2D eigenvalue weighted by molar-refractivity contribution is -0.138. The van der Waals surface area contributed by atoms with Gasteiger partial charge in [0.25, 0.3) is 0 Å². The number of nitrogens with one attached hydrogen (secondary N) is 1. The van der Waals surface area contributed by atoms with Crippen molar-refractivity contribution in [2.24, 2.45) is 0 Å². The number of carbonyl (C=O) groups excluding carboxylic acids is 2. The average molecular weight is 231 g/mol. The Morgan fingerprint density at radius 1 is 1.31 bits per heavy atom. The maximum absolute atomic E-state index is 11.6. The van der Waals surface area contributed by atoms with Gasteiger partial charge in [0.2, 0.25) is 11.8 Å². The molecule has 0 aliphatic rings. The van der Waals surface area contributed by atoms with Gasteiger partial charge in [-0.15, -0.1) is 0 Å². The second-order valence-corrected chi connectivity index (χ2v) is 3.92. The molecular formula is C10H21N3O3. The van der Waals surface area contributed by atoms with Gasteiger partial charge in [0, 0.05) is 27.1 Å². The normalized spacial score (nSPS) is 12.4. The van der Waals surface area contributed by atoms with Crippen molar-refractivity contribution in [3.8, 4) is 0 Å². The van der Waals surface area contributed by atoms with Gasteiger partial charge in [-0.05, 0) is 14.1 Å². The highest BCUT2D eigenvalue weighted by atomic mass is 16.3. The van der Waals surface area contributed by atoms with E-state index in [4.69, 9.17) is 5.11 Å². The van der Waals surface area contributed by atoms with E-state index >= 15 is 0 Å². The van der Waals surface area contributed by atoms with Crippen molar-refractivity contribution in [1.29, 1.82) is 0 Å². The minimum Gasteiger partial charge on any atom is -0.394 e. The molecule has 1 atom stereocenters. The molecule has 2 amide bonds. The number of amides is 2. The topological polar surface area (TPSA) is 72.9 Å². The van der Waals surface area contributed by atoms with E-state index < -0.39 is 6.04 Å². The first kappa shape index (κ1) is 14.9. The Morgan fingerprint density at radius 3 is 2.25 bits per heavy atom. The van der Waals surface area contributed by atoms with Crippen LogP contribution in [0.1, 0.15) is 6.92 Å². The van der Waals surface area contributed by atoms with E-state index in [1.807, 2.05) is 19.0 Å². The van der Waals surface area contributed by atoms with Crippen LogP contribution in [0.4, 0.5) is 0 Å². The van der Waals surface area contributed by atoms with E-state index in [-0.39, 0.29) is 18.4 Å². The van der Waals surface area contributed by atoms with Gasteiger partial charge in [0.05, 0.1) is 6.61 Å². The van der Waals surface area contributed by atoms with Crippen LogP contribution in [0.3, 0.4) is 0 Å². The molecule has 0 saturated heterocycles. The Balaban J connectivity index is 4.16. The van der Waals surface area contributed by atoms with Gasteiger partial charge in [-0.25, -0.2) is 0 Å². The summed E-state index contributed by atoms with van der Waals surface area (Å²) < 4.78 is 0. The van der Waals surface area contributed by atoms with Crippen molar-refractivity contribution in [3.63, 3.8) is 0 Å². The van der Waals surface area contributed by atoms with Crippen molar-refractivity contribution >= 4 is 11.8 Å². The SMILES string of the molecule is CC(=O)N(C)C(CO)C(=O)NCCN(C)C. The van der Waals surface area contributed by atoms with E-state index in [2.05, 4.69) is 5.32 Å². The first-order valence-corrected chi connectivity index (χ1v) is 5.16. The van der Waals surface area contributed by atoms with Gasteiger partial charge >= 0.3 is 0 Å². The maximum Gasteiger partial charge on any atom is 0.245 e. The van der Waals surface area contributed by atoms with E-state index in [1.54, 1.807) is 0 Å². The molecule has 0 aliphatic carbocycles. The molecule has 16 heavy (non-hydrogen) atoms. The second kappa shape index (κ2) is 7.19. The monoisotopic (exact) mass is 231 g/mol. The van der Waals surface area contributed by atoms with Crippen LogP contribution in [0.2, 0.25) is 0 Å². The predicted octanol–water partition coefficient (Wildman–Crippen LogP) is -1.50. The lowest BCUT2D eigenvalue weighted by Gasteiger charge is -2.24. The fourth-order valence-corrected chi connectivity index (χ4v) is 1.12. The van der Waals surface area contributed by atoms with Crippen LogP contribution in [-0.4, -0.2) is 73.6 Å².